The predicted molar refractivity (Wildman–Crippen MR) is 112 cm³/mol. The van der Waals surface area contributed by atoms with Crippen molar-refractivity contribution in [1.29, 1.82) is 0 Å². The van der Waals surface area contributed by atoms with Crippen LogP contribution in [0.5, 0.6) is 23.0 Å². The van der Waals surface area contributed by atoms with Crippen LogP contribution in [0.25, 0.3) is 22.1 Å². The summed E-state index contributed by atoms with van der Waals surface area (Å²) in [6.07, 6.45) is 0. The highest BCUT2D eigenvalue weighted by Crippen LogP contribution is 2.39. The molecule has 1 aromatic heterocycles. The fourth-order valence-corrected chi connectivity index (χ4v) is 3.46. The molecule has 0 atom stereocenters. The minimum atomic E-state index is -0.526. The Hall–Kier alpha value is -4.13. The number of phenols is 1. The molecule has 4 aromatic rings. The number of aromatic hydroxyl groups is 1. The number of hydrogen-bond acceptors (Lipinski definition) is 7. The van der Waals surface area contributed by atoms with Crippen LogP contribution in [0, 0.1) is 0 Å². The molecule has 7 heteroatoms. The Morgan fingerprint density at radius 2 is 1.77 bits per heavy atom. The van der Waals surface area contributed by atoms with Crippen molar-refractivity contribution in [2.75, 3.05) is 19.2 Å². The molecule has 1 aliphatic rings. The van der Waals surface area contributed by atoms with E-state index in [1.54, 1.807) is 55.6 Å². The number of ether oxygens (including phenoxy) is 3. The van der Waals surface area contributed by atoms with Gasteiger partial charge in [-0.25, -0.2) is 4.79 Å². The van der Waals surface area contributed by atoms with E-state index in [1.807, 2.05) is 6.07 Å². The molecular formula is C23H17NO6. The molecule has 2 heterocycles. The third kappa shape index (κ3) is 3.06. The first-order valence-electron chi connectivity index (χ1n) is 9.23. The lowest BCUT2D eigenvalue weighted by atomic mass is 10.0. The summed E-state index contributed by atoms with van der Waals surface area (Å²) in [6.45, 7) is 0.174. The topological polar surface area (TPSA) is 90.2 Å². The summed E-state index contributed by atoms with van der Waals surface area (Å²) in [5, 5.41) is 13.8. The zero-order valence-electron chi connectivity index (χ0n) is 16.0. The third-order valence-electron chi connectivity index (χ3n) is 4.91. The fraction of sp³-hybridized carbons (Fsp3) is 0.0870. The van der Waals surface area contributed by atoms with E-state index in [1.165, 1.54) is 6.07 Å². The molecule has 0 amide bonds. The molecule has 0 radical (unpaired) electrons. The van der Waals surface area contributed by atoms with Crippen LogP contribution in [0.15, 0.2) is 69.9 Å². The molecular weight excluding hydrogens is 386 g/mol. The normalized spacial score (nSPS) is 12.2. The van der Waals surface area contributed by atoms with Crippen LogP contribution in [0.4, 0.5) is 11.4 Å². The van der Waals surface area contributed by atoms with Crippen molar-refractivity contribution in [3.8, 4) is 34.1 Å². The Kier molecular flexibility index (Phi) is 4.21. The standard InChI is InChI=1S/C23H17NO6/c1-27-16-6-2-13(3-7-16)21-22(17-8-5-15(25)11-19(17)30-23(21)26)24-14-4-9-18-20(10-14)29-12-28-18/h2-11,24-25H,12H2,1H3. The molecule has 1 aliphatic heterocycles. The molecule has 30 heavy (non-hydrogen) atoms. The van der Waals surface area contributed by atoms with Crippen LogP contribution in [-0.4, -0.2) is 19.0 Å². The van der Waals surface area contributed by atoms with Crippen molar-refractivity contribution in [3.05, 3.63) is 71.1 Å². The first kappa shape index (κ1) is 17.9. The average molecular weight is 403 g/mol. The molecule has 0 fully saturated rings. The maximum atomic E-state index is 12.9. The maximum Gasteiger partial charge on any atom is 0.346 e. The van der Waals surface area contributed by atoms with E-state index < -0.39 is 5.63 Å². The van der Waals surface area contributed by atoms with Gasteiger partial charge in [-0.1, -0.05) is 12.1 Å². The molecule has 150 valence electrons. The largest absolute Gasteiger partial charge is 0.508 e. The molecule has 0 saturated carbocycles. The van der Waals surface area contributed by atoms with E-state index in [0.717, 1.165) is 0 Å². The summed E-state index contributed by atoms with van der Waals surface area (Å²) in [5.74, 6) is 1.98. The highest BCUT2D eigenvalue weighted by molar-refractivity contribution is 6.00. The van der Waals surface area contributed by atoms with Gasteiger partial charge in [0.25, 0.3) is 0 Å². The number of benzene rings is 3. The van der Waals surface area contributed by atoms with E-state index in [0.29, 0.717) is 45.1 Å². The lowest BCUT2D eigenvalue weighted by molar-refractivity contribution is 0.174. The average Bonchev–Trinajstić information content (AvgIpc) is 3.21. The predicted octanol–water partition coefficient (Wildman–Crippen LogP) is 4.65. The summed E-state index contributed by atoms with van der Waals surface area (Å²) in [7, 11) is 1.58. The summed E-state index contributed by atoms with van der Waals surface area (Å²) < 4.78 is 21.5. The second-order valence-electron chi connectivity index (χ2n) is 6.74. The van der Waals surface area contributed by atoms with Crippen molar-refractivity contribution in [1.82, 2.24) is 0 Å². The Bertz CT molecular complexity index is 1310. The molecule has 0 spiro atoms. The quantitative estimate of drug-likeness (QED) is 0.480. The first-order chi connectivity index (χ1) is 14.6. The van der Waals surface area contributed by atoms with Crippen molar-refractivity contribution in [2.45, 2.75) is 0 Å². The van der Waals surface area contributed by atoms with Crippen molar-refractivity contribution in [3.63, 3.8) is 0 Å². The van der Waals surface area contributed by atoms with Crippen molar-refractivity contribution in [2.24, 2.45) is 0 Å². The van der Waals surface area contributed by atoms with Gasteiger partial charge < -0.3 is 29.1 Å². The maximum absolute atomic E-state index is 12.9. The number of hydrogen-bond donors (Lipinski definition) is 2. The van der Waals surface area contributed by atoms with E-state index in [-0.39, 0.29) is 18.1 Å². The summed E-state index contributed by atoms with van der Waals surface area (Å²) >= 11 is 0. The van der Waals surface area contributed by atoms with Crippen molar-refractivity contribution < 1.29 is 23.7 Å². The number of fused-ring (bicyclic) bond motifs is 2. The molecule has 0 unspecified atom stereocenters. The molecule has 0 bridgehead atoms. The van der Waals surface area contributed by atoms with Gasteiger partial charge in [0.1, 0.15) is 17.1 Å². The smallest absolute Gasteiger partial charge is 0.346 e. The molecule has 0 aliphatic carbocycles. The van der Waals surface area contributed by atoms with E-state index >= 15 is 0 Å². The van der Waals surface area contributed by atoms with Crippen LogP contribution in [0.3, 0.4) is 0 Å². The zero-order valence-corrected chi connectivity index (χ0v) is 16.0. The Morgan fingerprint density at radius 3 is 2.57 bits per heavy atom. The van der Waals surface area contributed by atoms with Gasteiger partial charge in [0, 0.05) is 23.2 Å². The number of nitrogens with one attached hydrogen (secondary N) is 1. The molecule has 0 saturated heterocycles. The summed E-state index contributed by atoms with van der Waals surface area (Å²) in [6, 6.07) is 17.3. The van der Waals surface area contributed by atoms with E-state index in [4.69, 9.17) is 18.6 Å². The Labute approximate surface area is 171 Å². The summed E-state index contributed by atoms with van der Waals surface area (Å²) in [5.41, 5.74) is 2.07. The van der Waals surface area contributed by atoms with Gasteiger partial charge in [0.2, 0.25) is 6.79 Å². The second kappa shape index (κ2) is 7.04. The zero-order chi connectivity index (χ0) is 20.7. The van der Waals surface area contributed by atoms with Gasteiger partial charge in [-0.05, 0) is 42.0 Å². The minimum Gasteiger partial charge on any atom is -0.508 e. The van der Waals surface area contributed by atoms with Gasteiger partial charge in [-0.3, -0.25) is 0 Å². The number of anilines is 2. The van der Waals surface area contributed by atoms with Crippen molar-refractivity contribution >= 4 is 22.3 Å². The number of rotatable bonds is 4. The fourth-order valence-electron chi connectivity index (χ4n) is 3.46. The lowest BCUT2D eigenvalue weighted by Gasteiger charge is -2.15. The second-order valence-corrected chi connectivity index (χ2v) is 6.74. The lowest BCUT2D eigenvalue weighted by Crippen LogP contribution is -2.08. The van der Waals surface area contributed by atoms with Gasteiger partial charge in [0.05, 0.1) is 18.4 Å². The van der Waals surface area contributed by atoms with E-state index in [9.17, 15) is 9.90 Å². The third-order valence-corrected chi connectivity index (χ3v) is 4.91. The van der Waals surface area contributed by atoms with E-state index in [2.05, 4.69) is 5.32 Å². The summed E-state index contributed by atoms with van der Waals surface area (Å²) in [4.78, 5) is 12.9. The van der Waals surface area contributed by atoms with Crippen LogP contribution >= 0.6 is 0 Å². The Balaban J connectivity index is 1.71. The van der Waals surface area contributed by atoms with Gasteiger partial charge in [-0.15, -0.1) is 0 Å². The van der Waals surface area contributed by atoms with Gasteiger partial charge in [-0.2, -0.15) is 0 Å². The molecule has 3 aromatic carbocycles. The van der Waals surface area contributed by atoms with Crippen LogP contribution in [-0.2, 0) is 0 Å². The number of methoxy groups -OCH3 is 1. The molecule has 2 N–H and O–H groups in total. The minimum absolute atomic E-state index is 0.0110. The molecule has 7 nitrogen and oxygen atoms in total. The van der Waals surface area contributed by atoms with Crippen LogP contribution < -0.4 is 25.2 Å². The van der Waals surface area contributed by atoms with Gasteiger partial charge >= 0.3 is 5.63 Å². The highest BCUT2D eigenvalue weighted by Gasteiger charge is 2.19. The van der Waals surface area contributed by atoms with Crippen LogP contribution in [0.2, 0.25) is 0 Å². The molecule has 5 rings (SSSR count). The number of phenolic OH excluding ortho intramolecular Hbond substituents is 1. The Morgan fingerprint density at radius 1 is 0.967 bits per heavy atom. The van der Waals surface area contributed by atoms with Gasteiger partial charge in [0.15, 0.2) is 11.5 Å². The monoisotopic (exact) mass is 403 g/mol. The first-order valence-corrected chi connectivity index (χ1v) is 9.23. The highest BCUT2D eigenvalue weighted by atomic mass is 16.7. The van der Waals surface area contributed by atoms with Crippen LogP contribution in [0.1, 0.15) is 0 Å². The SMILES string of the molecule is COc1ccc(-c2c(Nc3ccc4c(c3)OCO4)c3ccc(O)cc3oc2=O)cc1.